The molecule has 4 rings (SSSR count). The molecule has 2 aliphatic carbocycles. The first-order valence-electron chi connectivity index (χ1n) is 8.09. The van der Waals surface area contributed by atoms with Crippen LogP contribution in [0.3, 0.4) is 0 Å². The number of aliphatic hydroxyl groups is 1. The molecular formula is C21H19Cl2O2Zr. The largest absolute Gasteiger partial charge is 3.00 e. The summed E-state index contributed by atoms with van der Waals surface area (Å²) in [6.07, 6.45) is 4.95. The monoisotopic (exact) mass is 463 g/mol. The number of fused-ring (bicyclic) bond motifs is 3. The van der Waals surface area contributed by atoms with Gasteiger partial charge in [-0.1, -0.05) is 54.0 Å². The van der Waals surface area contributed by atoms with E-state index in [-0.39, 0.29) is 57.6 Å². The third kappa shape index (κ3) is 4.02. The molecule has 2 aromatic carbocycles. The van der Waals surface area contributed by atoms with Crippen molar-refractivity contribution in [3.8, 4) is 11.1 Å². The molecule has 0 heterocycles. The Morgan fingerprint density at radius 3 is 2.65 bits per heavy atom. The van der Waals surface area contributed by atoms with E-state index in [9.17, 15) is 0 Å². The van der Waals surface area contributed by atoms with E-state index < -0.39 is 0 Å². The molecule has 2 nitrogen and oxygen atoms in total. The van der Waals surface area contributed by atoms with Crippen molar-refractivity contribution in [1.29, 1.82) is 0 Å². The van der Waals surface area contributed by atoms with Crippen LogP contribution in [0.5, 0.6) is 0 Å². The van der Waals surface area contributed by atoms with E-state index in [1.807, 2.05) is 6.08 Å². The second-order valence-electron chi connectivity index (χ2n) is 6.03. The fourth-order valence-corrected chi connectivity index (χ4v) is 3.56. The van der Waals surface area contributed by atoms with Crippen LogP contribution in [0, 0.1) is 6.07 Å². The quantitative estimate of drug-likeness (QED) is 0.546. The van der Waals surface area contributed by atoms with Gasteiger partial charge in [0, 0.05) is 0 Å². The third-order valence-corrected chi connectivity index (χ3v) is 4.69. The minimum absolute atomic E-state index is 0. The SMILES string of the molecule is CC1c2[c-]c(C3=C(OCCO)C=CC3)ccc2-c2ccccc21.[Cl-].[Cl-].[Zr+3]. The number of allylic oxidation sites excluding steroid dienone is 3. The van der Waals surface area contributed by atoms with Crippen LogP contribution < -0.4 is 24.8 Å². The maximum atomic E-state index is 8.97. The van der Waals surface area contributed by atoms with E-state index in [1.165, 1.54) is 22.3 Å². The zero-order valence-corrected chi connectivity index (χ0v) is 18.4. The Morgan fingerprint density at radius 1 is 1.12 bits per heavy atom. The number of halogens is 2. The number of ether oxygens (including phenoxy) is 1. The first-order valence-corrected chi connectivity index (χ1v) is 8.09. The van der Waals surface area contributed by atoms with Crippen LogP contribution in [0.4, 0.5) is 0 Å². The van der Waals surface area contributed by atoms with Crippen LogP contribution in [-0.4, -0.2) is 18.3 Å². The van der Waals surface area contributed by atoms with E-state index >= 15 is 0 Å². The van der Waals surface area contributed by atoms with Gasteiger partial charge in [0.05, 0.1) is 12.4 Å². The molecule has 5 heteroatoms. The van der Waals surface area contributed by atoms with Gasteiger partial charge >= 0.3 is 26.2 Å². The molecule has 2 aromatic rings. The van der Waals surface area contributed by atoms with Crippen LogP contribution in [0.1, 0.15) is 36.0 Å². The van der Waals surface area contributed by atoms with Gasteiger partial charge in [-0.2, -0.15) is 0 Å². The molecule has 133 valence electrons. The van der Waals surface area contributed by atoms with Gasteiger partial charge in [0.25, 0.3) is 0 Å². The van der Waals surface area contributed by atoms with Crippen molar-refractivity contribution < 1.29 is 60.9 Å². The number of hydrogen-bond donors (Lipinski definition) is 1. The van der Waals surface area contributed by atoms with E-state index in [0.29, 0.717) is 12.5 Å². The maximum absolute atomic E-state index is 8.97. The zero-order chi connectivity index (χ0) is 15.8. The summed E-state index contributed by atoms with van der Waals surface area (Å²) in [4.78, 5) is 0. The van der Waals surface area contributed by atoms with Crippen molar-refractivity contribution in [3.63, 3.8) is 0 Å². The minimum atomic E-state index is 0. The summed E-state index contributed by atoms with van der Waals surface area (Å²) in [6.45, 7) is 2.61. The Bertz CT molecular complexity index is 831. The van der Waals surface area contributed by atoms with Crippen LogP contribution in [0.15, 0.2) is 54.3 Å². The first kappa shape index (κ1) is 23.2. The second kappa shape index (κ2) is 9.90. The zero-order valence-electron chi connectivity index (χ0n) is 14.4. The van der Waals surface area contributed by atoms with Gasteiger partial charge in [0.1, 0.15) is 6.61 Å². The van der Waals surface area contributed by atoms with Gasteiger partial charge in [0.15, 0.2) is 0 Å². The van der Waals surface area contributed by atoms with Gasteiger partial charge in [-0.05, 0) is 24.0 Å². The molecule has 1 N–H and O–H groups in total. The van der Waals surface area contributed by atoms with Gasteiger partial charge in [0.2, 0.25) is 0 Å². The van der Waals surface area contributed by atoms with Crippen molar-refractivity contribution in [2.24, 2.45) is 0 Å². The van der Waals surface area contributed by atoms with Crippen LogP contribution in [-0.2, 0) is 30.9 Å². The first-order chi connectivity index (χ1) is 11.3. The van der Waals surface area contributed by atoms with E-state index in [2.05, 4.69) is 55.5 Å². The number of rotatable bonds is 4. The van der Waals surface area contributed by atoms with Crippen LogP contribution in [0.2, 0.25) is 0 Å². The van der Waals surface area contributed by atoms with Gasteiger partial charge in [-0.25, -0.2) is 0 Å². The molecule has 2 aliphatic rings. The predicted octanol–water partition coefficient (Wildman–Crippen LogP) is -1.70. The Kier molecular flexibility index (Phi) is 8.83. The molecule has 1 unspecified atom stereocenters. The number of hydrogen-bond acceptors (Lipinski definition) is 2. The second-order valence-corrected chi connectivity index (χ2v) is 6.03. The molecule has 0 bridgehead atoms. The van der Waals surface area contributed by atoms with Gasteiger partial charge < -0.3 is 34.7 Å². The number of benzene rings is 2. The normalized spacial score (nSPS) is 16.2. The molecule has 0 spiro atoms. The summed E-state index contributed by atoms with van der Waals surface area (Å²) in [5, 5.41) is 8.97. The summed E-state index contributed by atoms with van der Waals surface area (Å²) in [5.74, 6) is 1.23. The predicted molar refractivity (Wildman–Crippen MR) is 91.9 cm³/mol. The van der Waals surface area contributed by atoms with Crippen LogP contribution in [0.25, 0.3) is 16.7 Å². The molecule has 0 aliphatic heterocycles. The standard InChI is InChI=1S/C21H19O2.2ClH.Zr/c1-14-16-5-2-3-6-18(16)19-10-9-15(13-20(14)19)17-7-4-8-21(17)23-12-11-22;;;/h2-6,8-10,14,22H,7,11-12H2,1H3;2*1H;/q-1;;;+3/p-2. The molecular weight excluding hydrogens is 446 g/mol. The average Bonchev–Trinajstić information content (AvgIpc) is 3.17. The van der Waals surface area contributed by atoms with E-state index in [1.54, 1.807) is 0 Å². The van der Waals surface area contributed by atoms with Crippen molar-refractivity contribution in [2.75, 3.05) is 13.2 Å². The summed E-state index contributed by atoms with van der Waals surface area (Å²) < 4.78 is 5.65. The van der Waals surface area contributed by atoms with Crippen molar-refractivity contribution in [2.45, 2.75) is 19.3 Å². The Labute approximate surface area is 186 Å². The molecule has 0 saturated heterocycles. The Morgan fingerprint density at radius 2 is 1.88 bits per heavy atom. The summed E-state index contributed by atoms with van der Waals surface area (Å²) in [6, 6.07) is 16.6. The van der Waals surface area contributed by atoms with Crippen molar-refractivity contribution >= 4 is 5.57 Å². The fourth-order valence-electron chi connectivity index (χ4n) is 3.56. The Balaban J connectivity index is 0.00000113. The van der Waals surface area contributed by atoms with Gasteiger partial charge in [-0.3, -0.25) is 0 Å². The smallest absolute Gasteiger partial charge is 1.00 e. The number of aliphatic hydroxyl groups excluding tert-OH is 1. The van der Waals surface area contributed by atoms with E-state index in [0.717, 1.165) is 23.3 Å². The van der Waals surface area contributed by atoms with Crippen molar-refractivity contribution in [1.82, 2.24) is 0 Å². The molecule has 0 fully saturated rings. The molecule has 0 amide bonds. The van der Waals surface area contributed by atoms with Gasteiger partial charge in [-0.15, -0.1) is 29.3 Å². The van der Waals surface area contributed by atoms with Crippen LogP contribution >= 0.6 is 0 Å². The Hall–Kier alpha value is -0.857. The molecule has 0 saturated carbocycles. The van der Waals surface area contributed by atoms with E-state index in [4.69, 9.17) is 9.84 Å². The molecule has 26 heavy (non-hydrogen) atoms. The molecule has 1 radical (unpaired) electrons. The minimum Gasteiger partial charge on any atom is -1.00 e. The topological polar surface area (TPSA) is 29.5 Å². The summed E-state index contributed by atoms with van der Waals surface area (Å²) >= 11 is 0. The summed E-state index contributed by atoms with van der Waals surface area (Å²) in [5.41, 5.74) is 7.52. The molecule has 0 aromatic heterocycles. The third-order valence-electron chi connectivity index (χ3n) is 4.69. The molecule has 1 atom stereocenters. The summed E-state index contributed by atoms with van der Waals surface area (Å²) in [7, 11) is 0. The van der Waals surface area contributed by atoms with Crippen molar-refractivity contribution in [3.05, 3.63) is 77.1 Å². The fraction of sp³-hybridized carbons (Fsp3) is 0.238. The maximum Gasteiger partial charge on any atom is 3.00 e. The average molecular weight is 466 g/mol.